The van der Waals surface area contributed by atoms with Gasteiger partial charge in [-0.05, 0) is 44.4 Å². The fourth-order valence-electron chi connectivity index (χ4n) is 3.17. The van der Waals surface area contributed by atoms with Crippen molar-refractivity contribution in [2.24, 2.45) is 17.0 Å². The van der Waals surface area contributed by atoms with E-state index in [0.717, 1.165) is 32.1 Å². The number of rotatable bonds is 2. The molecule has 1 heterocycles. The minimum atomic E-state index is -3.53. The van der Waals surface area contributed by atoms with Crippen LogP contribution in [-0.4, -0.2) is 37.6 Å². The van der Waals surface area contributed by atoms with Crippen molar-refractivity contribution >= 4 is 15.9 Å². The first-order valence-corrected chi connectivity index (χ1v) is 8.79. The molecule has 2 fully saturated rings. The van der Waals surface area contributed by atoms with E-state index in [4.69, 9.17) is 5.14 Å². The highest BCUT2D eigenvalue weighted by atomic mass is 32.2. The third-order valence-corrected chi connectivity index (χ3v) is 5.83. The molecule has 0 spiro atoms. The van der Waals surface area contributed by atoms with Gasteiger partial charge in [-0.25, -0.2) is 13.6 Å². The minimum Gasteiger partial charge on any atom is -0.341 e. The highest BCUT2D eigenvalue weighted by molar-refractivity contribution is 7.89. The Bertz CT molecular complexity index is 427. The number of primary sulfonamides is 1. The number of amides is 1. The molecule has 1 saturated carbocycles. The van der Waals surface area contributed by atoms with Gasteiger partial charge in [0.25, 0.3) is 0 Å². The smallest absolute Gasteiger partial charge is 0.225 e. The number of nitrogens with zero attached hydrogens (tertiary/aromatic N) is 1. The molecule has 5 nitrogen and oxygen atoms in total. The number of piperidine rings is 1. The molecule has 0 radical (unpaired) electrons. The van der Waals surface area contributed by atoms with E-state index in [1.54, 1.807) is 4.90 Å². The SMILES string of the molecule is CC1CCC(C(=O)N2CCCC(S(N)(=O)=O)C2)CC1. The number of carbonyl (C=O) groups excluding carboxylic acids is 1. The van der Waals surface area contributed by atoms with Crippen molar-refractivity contribution in [3.63, 3.8) is 0 Å². The monoisotopic (exact) mass is 288 g/mol. The van der Waals surface area contributed by atoms with Gasteiger partial charge in [-0.2, -0.15) is 0 Å². The summed E-state index contributed by atoms with van der Waals surface area (Å²) >= 11 is 0. The molecule has 2 N–H and O–H groups in total. The van der Waals surface area contributed by atoms with Gasteiger partial charge in [0.1, 0.15) is 0 Å². The number of likely N-dealkylation sites (tertiary alicyclic amines) is 1. The third kappa shape index (κ3) is 3.69. The molecule has 1 amide bonds. The van der Waals surface area contributed by atoms with Crippen molar-refractivity contribution in [1.29, 1.82) is 0 Å². The van der Waals surface area contributed by atoms with E-state index < -0.39 is 15.3 Å². The second-order valence-corrected chi connectivity index (χ2v) is 7.94. The second-order valence-electron chi connectivity index (χ2n) is 6.09. The Labute approximate surface area is 115 Å². The lowest BCUT2D eigenvalue weighted by atomic mass is 9.82. The molecule has 0 aromatic carbocycles. The zero-order valence-corrected chi connectivity index (χ0v) is 12.4. The standard InChI is InChI=1S/C13H24N2O3S/c1-10-4-6-11(7-5-10)13(16)15-8-2-3-12(9-15)19(14,17)18/h10-12H,2-9H2,1H3,(H2,14,17,18). The van der Waals surface area contributed by atoms with Crippen LogP contribution in [0.15, 0.2) is 0 Å². The van der Waals surface area contributed by atoms with Gasteiger partial charge in [-0.15, -0.1) is 0 Å². The molecular weight excluding hydrogens is 264 g/mol. The molecule has 0 aromatic rings. The fourth-order valence-corrected chi connectivity index (χ4v) is 4.05. The van der Waals surface area contributed by atoms with Crippen LogP contribution < -0.4 is 5.14 Å². The predicted molar refractivity (Wildman–Crippen MR) is 73.8 cm³/mol. The Kier molecular flexibility index (Phi) is 4.50. The zero-order valence-electron chi connectivity index (χ0n) is 11.5. The molecule has 1 atom stereocenters. The van der Waals surface area contributed by atoms with E-state index in [1.807, 2.05) is 0 Å². The Morgan fingerprint density at radius 3 is 2.37 bits per heavy atom. The quantitative estimate of drug-likeness (QED) is 0.826. The van der Waals surface area contributed by atoms with Crippen LogP contribution in [0.1, 0.15) is 45.4 Å². The van der Waals surface area contributed by atoms with Crippen molar-refractivity contribution in [2.45, 2.75) is 50.7 Å². The Morgan fingerprint density at radius 2 is 1.79 bits per heavy atom. The van der Waals surface area contributed by atoms with E-state index in [1.165, 1.54) is 0 Å². The molecule has 0 aromatic heterocycles. The summed E-state index contributed by atoms with van der Waals surface area (Å²) < 4.78 is 22.8. The first kappa shape index (κ1) is 14.8. The lowest BCUT2D eigenvalue weighted by molar-refractivity contribution is -0.137. The van der Waals surface area contributed by atoms with Crippen LogP contribution in [0.25, 0.3) is 0 Å². The number of hydrogen-bond acceptors (Lipinski definition) is 3. The molecular formula is C13H24N2O3S. The molecule has 2 rings (SSSR count). The molecule has 1 aliphatic carbocycles. The van der Waals surface area contributed by atoms with Gasteiger partial charge in [0.2, 0.25) is 15.9 Å². The van der Waals surface area contributed by atoms with E-state index in [9.17, 15) is 13.2 Å². The van der Waals surface area contributed by atoms with Crippen LogP contribution in [0.5, 0.6) is 0 Å². The number of hydrogen-bond donors (Lipinski definition) is 1. The molecule has 1 saturated heterocycles. The van der Waals surface area contributed by atoms with Gasteiger partial charge < -0.3 is 4.90 Å². The normalized spacial score (nSPS) is 33.2. The van der Waals surface area contributed by atoms with Gasteiger partial charge in [0, 0.05) is 19.0 Å². The van der Waals surface area contributed by atoms with E-state index in [2.05, 4.69) is 6.92 Å². The van der Waals surface area contributed by atoms with Crippen LogP contribution in [0.2, 0.25) is 0 Å². The van der Waals surface area contributed by atoms with Gasteiger partial charge in [0.15, 0.2) is 0 Å². The van der Waals surface area contributed by atoms with Gasteiger partial charge in [-0.1, -0.05) is 6.92 Å². The van der Waals surface area contributed by atoms with Crippen molar-refractivity contribution in [3.05, 3.63) is 0 Å². The molecule has 1 unspecified atom stereocenters. The highest BCUT2D eigenvalue weighted by Gasteiger charge is 2.34. The van der Waals surface area contributed by atoms with Crippen molar-refractivity contribution in [2.75, 3.05) is 13.1 Å². The second kappa shape index (κ2) is 5.79. The van der Waals surface area contributed by atoms with E-state index >= 15 is 0 Å². The minimum absolute atomic E-state index is 0.0930. The van der Waals surface area contributed by atoms with Crippen molar-refractivity contribution in [3.8, 4) is 0 Å². The topological polar surface area (TPSA) is 80.5 Å². The average molecular weight is 288 g/mol. The summed E-state index contributed by atoms with van der Waals surface area (Å²) in [6, 6.07) is 0. The molecule has 1 aliphatic heterocycles. The van der Waals surface area contributed by atoms with E-state index in [-0.39, 0.29) is 18.4 Å². The first-order chi connectivity index (χ1) is 8.88. The Morgan fingerprint density at radius 1 is 1.16 bits per heavy atom. The summed E-state index contributed by atoms with van der Waals surface area (Å²) in [4.78, 5) is 14.1. The largest absolute Gasteiger partial charge is 0.341 e. The summed E-state index contributed by atoms with van der Waals surface area (Å²) in [5.74, 6) is 0.943. The summed E-state index contributed by atoms with van der Waals surface area (Å²) in [7, 11) is -3.53. The van der Waals surface area contributed by atoms with Crippen LogP contribution in [0, 0.1) is 11.8 Å². The van der Waals surface area contributed by atoms with Crippen molar-refractivity contribution in [1.82, 2.24) is 4.90 Å². The maximum absolute atomic E-state index is 12.4. The van der Waals surface area contributed by atoms with E-state index in [0.29, 0.717) is 18.9 Å². The van der Waals surface area contributed by atoms with Gasteiger partial charge >= 0.3 is 0 Å². The van der Waals surface area contributed by atoms with Crippen LogP contribution in [-0.2, 0) is 14.8 Å². The number of carbonyl (C=O) groups is 1. The third-order valence-electron chi connectivity index (χ3n) is 4.52. The summed E-state index contributed by atoms with van der Waals surface area (Å²) in [5.41, 5.74) is 0. The summed E-state index contributed by atoms with van der Waals surface area (Å²) in [5, 5.41) is 4.63. The maximum Gasteiger partial charge on any atom is 0.225 e. The Hall–Kier alpha value is -0.620. The molecule has 0 bridgehead atoms. The number of nitrogens with two attached hydrogens (primary N) is 1. The summed E-state index contributed by atoms with van der Waals surface area (Å²) in [6.07, 6.45) is 5.39. The highest BCUT2D eigenvalue weighted by Crippen LogP contribution is 2.30. The number of sulfonamides is 1. The van der Waals surface area contributed by atoms with Gasteiger partial charge in [0.05, 0.1) is 5.25 Å². The Balaban J connectivity index is 1.95. The van der Waals surface area contributed by atoms with Crippen molar-refractivity contribution < 1.29 is 13.2 Å². The lowest BCUT2D eigenvalue weighted by Gasteiger charge is -2.35. The average Bonchev–Trinajstić information content (AvgIpc) is 2.38. The van der Waals surface area contributed by atoms with Crippen LogP contribution >= 0.6 is 0 Å². The van der Waals surface area contributed by atoms with Crippen LogP contribution in [0.3, 0.4) is 0 Å². The van der Waals surface area contributed by atoms with Gasteiger partial charge in [-0.3, -0.25) is 4.79 Å². The molecule has 19 heavy (non-hydrogen) atoms. The molecule has 6 heteroatoms. The lowest BCUT2D eigenvalue weighted by Crippen LogP contribution is -2.49. The maximum atomic E-state index is 12.4. The first-order valence-electron chi connectivity index (χ1n) is 7.18. The molecule has 2 aliphatic rings. The zero-order chi connectivity index (χ0) is 14.0. The fraction of sp³-hybridized carbons (Fsp3) is 0.923. The summed E-state index contributed by atoms with van der Waals surface area (Å²) in [6.45, 7) is 3.18. The molecule has 110 valence electrons. The van der Waals surface area contributed by atoms with Crippen LogP contribution in [0.4, 0.5) is 0 Å². The predicted octanol–water partition coefficient (Wildman–Crippen LogP) is 1.09.